The van der Waals surface area contributed by atoms with Crippen molar-refractivity contribution in [2.45, 2.75) is 12.8 Å². The highest BCUT2D eigenvalue weighted by atomic mass is 35.5. The standard InChI is InChI=1S/C23H15ClN4S/c24-19-12-17(7-5-15(19)3-1-9-25)28-14-27-21-13-26-20-8-6-16(11-18(20)23(21)28)22-4-2-10-29-22/h2,4-8,10-14H,1,3H2. The summed E-state index contributed by atoms with van der Waals surface area (Å²) >= 11 is 8.21. The van der Waals surface area contributed by atoms with Crippen molar-refractivity contribution >= 4 is 44.9 Å². The van der Waals surface area contributed by atoms with Crippen molar-refractivity contribution in [1.29, 1.82) is 5.26 Å². The first-order valence-electron chi connectivity index (χ1n) is 9.20. The number of nitrogens with zero attached hydrogens (tertiary/aromatic N) is 4. The molecule has 0 fully saturated rings. The molecule has 0 bridgehead atoms. The minimum Gasteiger partial charge on any atom is -0.298 e. The Morgan fingerprint density at radius 3 is 2.79 bits per heavy atom. The number of aryl methyl sites for hydroxylation is 1. The predicted molar refractivity (Wildman–Crippen MR) is 119 cm³/mol. The molecule has 0 unspecified atom stereocenters. The van der Waals surface area contributed by atoms with E-state index in [0.717, 1.165) is 33.2 Å². The minimum absolute atomic E-state index is 0.453. The summed E-state index contributed by atoms with van der Waals surface area (Å²) in [6, 6.07) is 18.6. The Labute approximate surface area is 176 Å². The molecule has 140 valence electrons. The summed E-state index contributed by atoms with van der Waals surface area (Å²) in [5.74, 6) is 0. The monoisotopic (exact) mass is 414 g/mol. The van der Waals surface area contributed by atoms with Gasteiger partial charge in [-0.25, -0.2) is 4.98 Å². The van der Waals surface area contributed by atoms with Crippen LogP contribution in [0.4, 0.5) is 0 Å². The fourth-order valence-electron chi connectivity index (χ4n) is 3.56. The zero-order valence-electron chi connectivity index (χ0n) is 15.3. The number of nitriles is 1. The molecule has 0 saturated carbocycles. The number of aromatic nitrogens is 3. The molecular formula is C23H15ClN4S. The number of fused-ring (bicyclic) bond motifs is 3. The first-order chi connectivity index (χ1) is 14.2. The quantitative estimate of drug-likeness (QED) is 0.341. The lowest BCUT2D eigenvalue weighted by Gasteiger charge is -2.10. The summed E-state index contributed by atoms with van der Waals surface area (Å²) in [5, 5.41) is 12.6. The van der Waals surface area contributed by atoms with Crippen LogP contribution >= 0.6 is 22.9 Å². The number of hydrogen-bond donors (Lipinski definition) is 0. The second-order valence-electron chi connectivity index (χ2n) is 6.75. The van der Waals surface area contributed by atoms with Gasteiger partial charge in [-0.1, -0.05) is 29.8 Å². The van der Waals surface area contributed by atoms with Gasteiger partial charge in [0.1, 0.15) is 11.8 Å². The second-order valence-corrected chi connectivity index (χ2v) is 8.10. The zero-order chi connectivity index (χ0) is 19.8. The molecular weight excluding hydrogens is 400 g/mol. The number of imidazole rings is 1. The number of hydrogen-bond acceptors (Lipinski definition) is 4. The van der Waals surface area contributed by atoms with Gasteiger partial charge in [-0.15, -0.1) is 11.3 Å². The Hall–Kier alpha value is -3.20. The molecule has 2 aromatic carbocycles. The number of benzene rings is 2. The van der Waals surface area contributed by atoms with Crippen LogP contribution in [0.1, 0.15) is 12.0 Å². The normalized spacial score (nSPS) is 11.2. The number of thiophene rings is 1. The highest BCUT2D eigenvalue weighted by Gasteiger charge is 2.12. The third-order valence-corrected chi connectivity index (χ3v) is 6.27. The highest BCUT2D eigenvalue weighted by molar-refractivity contribution is 7.13. The SMILES string of the molecule is N#CCCc1ccc(-n2cnc3cnc4ccc(-c5cccs5)cc4c32)cc1Cl. The zero-order valence-corrected chi connectivity index (χ0v) is 16.9. The van der Waals surface area contributed by atoms with E-state index in [1.54, 1.807) is 11.3 Å². The molecule has 29 heavy (non-hydrogen) atoms. The molecule has 6 heteroatoms. The van der Waals surface area contributed by atoms with Crippen LogP contribution in [0, 0.1) is 11.3 Å². The van der Waals surface area contributed by atoms with Crippen LogP contribution in [-0.4, -0.2) is 14.5 Å². The Bertz CT molecular complexity index is 1380. The van der Waals surface area contributed by atoms with Gasteiger partial charge in [0.2, 0.25) is 0 Å². The lowest BCUT2D eigenvalue weighted by molar-refractivity contribution is 1.01. The van der Waals surface area contributed by atoms with Gasteiger partial charge in [0, 0.05) is 27.4 Å². The number of rotatable bonds is 4. The molecule has 0 aliphatic heterocycles. The van der Waals surface area contributed by atoms with E-state index in [-0.39, 0.29) is 0 Å². The smallest absolute Gasteiger partial charge is 0.108 e. The molecule has 0 spiro atoms. The molecule has 0 atom stereocenters. The van der Waals surface area contributed by atoms with Crippen LogP contribution < -0.4 is 0 Å². The number of halogens is 1. The Kier molecular flexibility index (Phi) is 4.51. The maximum Gasteiger partial charge on any atom is 0.108 e. The van der Waals surface area contributed by atoms with Crippen molar-refractivity contribution < 1.29 is 0 Å². The van der Waals surface area contributed by atoms with Gasteiger partial charge < -0.3 is 0 Å². The summed E-state index contributed by atoms with van der Waals surface area (Å²) in [6.45, 7) is 0. The summed E-state index contributed by atoms with van der Waals surface area (Å²) in [6.07, 6.45) is 4.72. The fourth-order valence-corrected chi connectivity index (χ4v) is 4.56. The molecule has 3 heterocycles. The minimum atomic E-state index is 0.453. The van der Waals surface area contributed by atoms with Crippen LogP contribution in [-0.2, 0) is 6.42 Å². The van der Waals surface area contributed by atoms with Gasteiger partial charge in [0.15, 0.2) is 0 Å². The summed E-state index contributed by atoms with van der Waals surface area (Å²) in [7, 11) is 0. The van der Waals surface area contributed by atoms with Gasteiger partial charge in [0.05, 0.1) is 23.3 Å². The van der Waals surface area contributed by atoms with Crippen LogP contribution in [0.5, 0.6) is 0 Å². The highest BCUT2D eigenvalue weighted by Crippen LogP contribution is 2.32. The van der Waals surface area contributed by atoms with E-state index in [0.29, 0.717) is 17.9 Å². The molecule has 5 rings (SSSR count). The molecule has 0 amide bonds. The Morgan fingerprint density at radius 1 is 1.07 bits per heavy atom. The fraction of sp³-hybridized carbons (Fsp3) is 0.0870. The van der Waals surface area contributed by atoms with Gasteiger partial charge in [-0.2, -0.15) is 5.26 Å². The molecule has 0 aliphatic rings. The Balaban J connectivity index is 1.69. The Morgan fingerprint density at radius 2 is 2.00 bits per heavy atom. The van der Waals surface area contributed by atoms with Crippen molar-refractivity contribution in [3.63, 3.8) is 0 Å². The van der Waals surface area contributed by atoms with Gasteiger partial charge in [-0.05, 0) is 53.3 Å². The molecule has 0 N–H and O–H groups in total. The summed E-state index contributed by atoms with van der Waals surface area (Å²) < 4.78 is 2.05. The van der Waals surface area contributed by atoms with Crippen LogP contribution in [0.3, 0.4) is 0 Å². The van der Waals surface area contributed by atoms with Gasteiger partial charge >= 0.3 is 0 Å². The van der Waals surface area contributed by atoms with Crippen LogP contribution in [0.2, 0.25) is 5.02 Å². The van der Waals surface area contributed by atoms with Crippen molar-refractivity contribution in [2.24, 2.45) is 0 Å². The maximum absolute atomic E-state index is 8.82. The van der Waals surface area contributed by atoms with E-state index in [9.17, 15) is 0 Å². The average Bonchev–Trinajstić information content (AvgIpc) is 3.42. The van der Waals surface area contributed by atoms with Gasteiger partial charge in [-0.3, -0.25) is 9.55 Å². The average molecular weight is 415 g/mol. The topological polar surface area (TPSA) is 54.5 Å². The van der Waals surface area contributed by atoms with Crippen LogP contribution in [0.15, 0.2) is 66.4 Å². The van der Waals surface area contributed by atoms with Crippen LogP contribution in [0.25, 0.3) is 38.1 Å². The van der Waals surface area contributed by atoms with Gasteiger partial charge in [0.25, 0.3) is 0 Å². The molecule has 4 nitrogen and oxygen atoms in total. The van der Waals surface area contributed by atoms with E-state index >= 15 is 0 Å². The maximum atomic E-state index is 8.82. The largest absolute Gasteiger partial charge is 0.298 e. The van der Waals surface area contributed by atoms with Crippen molar-refractivity contribution in [2.75, 3.05) is 0 Å². The first-order valence-corrected chi connectivity index (χ1v) is 10.5. The van der Waals surface area contributed by atoms with Crippen molar-refractivity contribution in [1.82, 2.24) is 14.5 Å². The lowest BCUT2D eigenvalue weighted by atomic mass is 10.1. The predicted octanol–water partition coefficient (Wildman–Crippen LogP) is 6.41. The lowest BCUT2D eigenvalue weighted by Crippen LogP contribution is -1.95. The van der Waals surface area contributed by atoms with E-state index < -0.39 is 0 Å². The van der Waals surface area contributed by atoms with E-state index in [4.69, 9.17) is 16.9 Å². The van der Waals surface area contributed by atoms with Crippen molar-refractivity contribution in [3.05, 3.63) is 77.0 Å². The molecule has 0 saturated heterocycles. The van der Waals surface area contributed by atoms with E-state index in [2.05, 4.69) is 56.3 Å². The molecule has 3 aromatic heterocycles. The third kappa shape index (κ3) is 3.17. The third-order valence-electron chi connectivity index (χ3n) is 5.00. The summed E-state index contributed by atoms with van der Waals surface area (Å²) in [5.41, 5.74) is 5.86. The first kappa shape index (κ1) is 17.9. The molecule has 5 aromatic rings. The molecule has 0 radical (unpaired) electrons. The molecule has 0 aliphatic carbocycles. The van der Waals surface area contributed by atoms with Crippen molar-refractivity contribution in [3.8, 4) is 22.2 Å². The summed E-state index contributed by atoms with van der Waals surface area (Å²) in [4.78, 5) is 10.4. The van der Waals surface area contributed by atoms with E-state index in [1.165, 1.54) is 10.4 Å². The van der Waals surface area contributed by atoms with E-state index in [1.807, 2.05) is 30.7 Å². The number of pyridine rings is 1. The second kappa shape index (κ2) is 7.32.